The van der Waals surface area contributed by atoms with Gasteiger partial charge in [0.15, 0.2) is 0 Å². The van der Waals surface area contributed by atoms with Crippen molar-refractivity contribution >= 4 is 11.8 Å². The summed E-state index contributed by atoms with van der Waals surface area (Å²) in [6, 6.07) is 16.9. The molecule has 164 valence electrons. The van der Waals surface area contributed by atoms with Crippen LogP contribution in [0.1, 0.15) is 30.4 Å². The maximum absolute atomic E-state index is 13.3. The van der Waals surface area contributed by atoms with E-state index in [0.717, 1.165) is 24.0 Å². The zero-order valence-corrected chi connectivity index (χ0v) is 18.8. The van der Waals surface area contributed by atoms with Crippen molar-refractivity contribution in [3.8, 4) is 11.1 Å². The number of benzene rings is 2. The van der Waals surface area contributed by atoms with Gasteiger partial charge in [-0.15, -0.1) is 0 Å². The van der Waals surface area contributed by atoms with Gasteiger partial charge in [0.25, 0.3) is 5.91 Å². The molecule has 4 rings (SSSR count). The van der Waals surface area contributed by atoms with Crippen LogP contribution in [-0.4, -0.2) is 61.5 Å². The van der Waals surface area contributed by atoms with Crippen molar-refractivity contribution in [2.75, 3.05) is 33.8 Å². The van der Waals surface area contributed by atoms with Crippen LogP contribution in [-0.2, 0) is 20.7 Å². The second-order valence-corrected chi connectivity index (χ2v) is 9.23. The summed E-state index contributed by atoms with van der Waals surface area (Å²) in [5.41, 5.74) is 4.08. The summed E-state index contributed by atoms with van der Waals surface area (Å²) in [6.45, 7) is 3.80. The molecular formula is C26H32N2O3. The molecule has 2 saturated heterocycles. The molecule has 2 amide bonds. The largest absolute Gasteiger partial charge is 0.368 e. The molecule has 0 spiro atoms. The van der Waals surface area contributed by atoms with Gasteiger partial charge in [-0.1, -0.05) is 54.1 Å². The number of rotatable bonds is 5. The summed E-state index contributed by atoms with van der Waals surface area (Å²) in [7, 11) is 3.61. The first kappa shape index (κ1) is 21.6. The molecule has 0 bridgehead atoms. The molecule has 0 radical (unpaired) electrons. The van der Waals surface area contributed by atoms with E-state index in [1.165, 1.54) is 11.1 Å². The van der Waals surface area contributed by atoms with Gasteiger partial charge < -0.3 is 14.5 Å². The molecule has 2 aromatic carbocycles. The van der Waals surface area contributed by atoms with Gasteiger partial charge in [0.2, 0.25) is 5.91 Å². The van der Waals surface area contributed by atoms with Crippen molar-refractivity contribution in [1.29, 1.82) is 0 Å². The fourth-order valence-corrected chi connectivity index (χ4v) is 4.90. The van der Waals surface area contributed by atoms with E-state index < -0.39 is 5.41 Å². The van der Waals surface area contributed by atoms with Gasteiger partial charge in [-0.05, 0) is 49.3 Å². The monoisotopic (exact) mass is 420 g/mol. The maximum atomic E-state index is 13.3. The van der Waals surface area contributed by atoms with E-state index in [2.05, 4.69) is 55.5 Å². The number of hydrogen-bond acceptors (Lipinski definition) is 3. The van der Waals surface area contributed by atoms with E-state index in [1.54, 1.807) is 19.0 Å². The quantitative estimate of drug-likeness (QED) is 0.741. The lowest BCUT2D eigenvalue weighted by Gasteiger charge is -2.31. The number of nitrogens with zero attached hydrogens (tertiary/aromatic N) is 2. The Kier molecular flexibility index (Phi) is 6.15. The molecule has 0 unspecified atom stereocenters. The molecule has 0 saturated carbocycles. The highest BCUT2D eigenvalue weighted by Crippen LogP contribution is 2.37. The highest BCUT2D eigenvalue weighted by atomic mass is 16.5. The highest BCUT2D eigenvalue weighted by molar-refractivity contribution is 5.87. The van der Waals surface area contributed by atoms with Crippen LogP contribution in [0.3, 0.4) is 0 Å². The summed E-state index contributed by atoms with van der Waals surface area (Å²) in [6.07, 6.45) is 2.67. The normalized spacial score (nSPS) is 23.2. The van der Waals surface area contributed by atoms with Gasteiger partial charge in [-0.3, -0.25) is 9.59 Å². The molecular weight excluding hydrogens is 388 g/mol. The maximum Gasteiger partial charge on any atom is 0.251 e. The number of aryl methyl sites for hydroxylation is 1. The van der Waals surface area contributed by atoms with E-state index >= 15 is 0 Å². The van der Waals surface area contributed by atoms with Crippen molar-refractivity contribution in [3.63, 3.8) is 0 Å². The average Bonchev–Trinajstić information content (AvgIpc) is 3.44. The first-order valence-electron chi connectivity index (χ1n) is 11.2. The molecule has 5 nitrogen and oxygen atoms in total. The zero-order valence-electron chi connectivity index (χ0n) is 18.8. The van der Waals surface area contributed by atoms with Gasteiger partial charge >= 0.3 is 0 Å². The van der Waals surface area contributed by atoms with E-state index in [9.17, 15) is 9.59 Å². The lowest BCUT2D eigenvalue weighted by atomic mass is 9.79. The third-order valence-electron chi connectivity index (χ3n) is 6.58. The first-order valence-corrected chi connectivity index (χ1v) is 11.2. The van der Waals surface area contributed by atoms with Crippen LogP contribution in [0.4, 0.5) is 0 Å². The fourth-order valence-electron chi connectivity index (χ4n) is 4.90. The molecule has 2 aromatic rings. The molecule has 2 fully saturated rings. The van der Waals surface area contributed by atoms with E-state index in [0.29, 0.717) is 32.5 Å². The van der Waals surface area contributed by atoms with Gasteiger partial charge in [0.1, 0.15) is 6.10 Å². The number of ether oxygens (including phenoxy) is 1. The zero-order chi connectivity index (χ0) is 22.0. The molecule has 2 aliphatic heterocycles. The molecule has 31 heavy (non-hydrogen) atoms. The fraction of sp³-hybridized carbons (Fsp3) is 0.462. The summed E-state index contributed by atoms with van der Waals surface area (Å²) >= 11 is 0. The Labute approximate surface area is 185 Å². The molecule has 2 heterocycles. The lowest BCUT2D eigenvalue weighted by molar-refractivity contribution is -0.142. The van der Waals surface area contributed by atoms with E-state index in [1.807, 2.05) is 4.90 Å². The molecule has 2 atom stereocenters. The number of carbonyl (C=O) groups is 2. The average molecular weight is 421 g/mol. The summed E-state index contributed by atoms with van der Waals surface area (Å²) in [4.78, 5) is 29.8. The van der Waals surface area contributed by atoms with Crippen LogP contribution in [0.2, 0.25) is 0 Å². The predicted molar refractivity (Wildman–Crippen MR) is 122 cm³/mol. The minimum Gasteiger partial charge on any atom is -0.368 e. The van der Waals surface area contributed by atoms with Crippen LogP contribution < -0.4 is 0 Å². The number of likely N-dealkylation sites (tertiary alicyclic amines) is 1. The SMILES string of the molecule is Cc1ccc(-c2cccc(C[C@]3(C(=O)N(C)C)CCN(C(=O)[C@@H]4CCCO4)C3)c2)cc1. The van der Waals surface area contributed by atoms with Crippen molar-refractivity contribution in [2.24, 2.45) is 5.41 Å². The van der Waals surface area contributed by atoms with E-state index in [4.69, 9.17) is 4.74 Å². The molecule has 0 aliphatic carbocycles. The lowest BCUT2D eigenvalue weighted by Crippen LogP contribution is -2.46. The Bertz CT molecular complexity index is 947. The van der Waals surface area contributed by atoms with Gasteiger partial charge in [-0.25, -0.2) is 0 Å². The van der Waals surface area contributed by atoms with Crippen molar-refractivity contribution in [3.05, 3.63) is 59.7 Å². The number of amides is 2. The minimum absolute atomic E-state index is 0.0411. The predicted octanol–water partition coefficient (Wildman–Crippen LogP) is 3.69. The second-order valence-electron chi connectivity index (χ2n) is 9.23. The first-order chi connectivity index (χ1) is 14.9. The Morgan fingerprint density at radius 2 is 1.90 bits per heavy atom. The smallest absolute Gasteiger partial charge is 0.251 e. The summed E-state index contributed by atoms with van der Waals surface area (Å²) in [5, 5.41) is 0. The second kappa shape index (κ2) is 8.83. The van der Waals surface area contributed by atoms with Crippen LogP contribution >= 0.6 is 0 Å². The van der Waals surface area contributed by atoms with Gasteiger partial charge in [0.05, 0.1) is 5.41 Å². The number of hydrogen-bond donors (Lipinski definition) is 0. The molecule has 5 heteroatoms. The Morgan fingerprint density at radius 1 is 1.13 bits per heavy atom. The van der Waals surface area contributed by atoms with Crippen LogP contribution in [0, 0.1) is 12.3 Å². The molecule has 0 aromatic heterocycles. The molecule has 2 aliphatic rings. The van der Waals surface area contributed by atoms with E-state index in [-0.39, 0.29) is 17.9 Å². The van der Waals surface area contributed by atoms with Crippen molar-refractivity contribution < 1.29 is 14.3 Å². The standard InChI is InChI=1S/C26H32N2O3/c1-19-9-11-21(12-10-19)22-7-4-6-20(16-22)17-26(25(30)27(2)3)13-14-28(18-26)24(29)23-8-5-15-31-23/h4,6-7,9-12,16,23H,5,8,13-15,17-18H2,1-3H3/t23-,26+/m0/s1. The van der Waals surface area contributed by atoms with Crippen molar-refractivity contribution in [2.45, 2.75) is 38.7 Å². The summed E-state index contributed by atoms with van der Waals surface area (Å²) in [5.74, 6) is 0.134. The van der Waals surface area contributed by atoms with Crippen LogP contribution in [0.15, 0.2) is 48.5 Å². The Balaban J connectivity index is 1.58. The topological polar surface area (TPSA) is 49.9 Å². The minimum atomic E-state index is -0.594. The highest BCUT2D eigenvalue weighted by Gasteiger charge is 2.47. The molecule has 0 N–H and O–H groups in total. The Morgan fingerprint density at radius 3 is 2.58 bits per heavy atom. The Hall–Kier alpha value is -2.66. The van der Waals surface area contributed by atoms with Crippen LogP contribution in [0.25, 0.3) is 11.1 Å². The third kappa shape index (κ3) is 4.52. The van der Waals surface area contributed by atoms with Gasteiger partial charge in [0, 0.05) is 33.8 Å². The van der Waals surface area contributed by atoms with Crippen molar-refractivity contribution in [1.82, 2.24) is 9.80 Å². The number of carbonyl (C=O) groups excluding carboxylic acids is 2. The third-order valence-corrected chi connectivity index (χ3v) is 6.58. The van der Waals surface area contributed by atoms with Gasteiger partial charge in [-0.2, -0.15) is 0 Å². The van der Waals surface area contributed by atoms with Crippen LogP contribution in [0.5, 0.6) is 0 Å². The summed E-state index contributed by atoms with van der Waals surface area (Å²) < 4.78 is 5.61.